The zero-order chi connectivity index (χ0) is 20.6. The molecule has 3 aliphatic heterocycles. The van der Waals surface area contributed by atoms with Crippen molar-refractivity contribution in [2.45, 2.75) is 46.6 Å². The molecule has 0 aliphatic carbocycles. The van der Waals surface area contributed by atoms with Gasteiger partial charge < -0.3 is 9.80 Å². The summed E-state index contributed by atoms with van der Waals surface area (Å²) in [4.78, 5) is 36.9. The van der Waals surface area contributed by atoms with E-state index in [0.717, 1.165) is 65.1 Å². The van der Waals surface area contributed by atoms with Crippen molar-refractivity contribution in [3.63, 3.8) is 0 Å². The van der Waals surface area contributed by atoms with Crippen LogP contribution in [0.3, 0.4) is 0 Å². The third kappa shape index (κ3) is 3.35. The van der Waals surface area contributed by atoms with E-state index in [1.807, 2.05) is 35.9 Å². The quantitative estimate of drug-likeness (QED) is 0.782. The van der Waals surface area contributed by atoms with Gasteiger partial charge in [0, 0.05) is 69.5 Å². The average Bonchev–Trinajstić information content (AvgIpc) is 3.20. The Kier molecular flexibility index (Phi) is 5.40. The molecule has 0 N–H and O–H groups in total. The van der Waals surface area contributed by atoms with Crippen molar-refractivity contribution in [1.29, 1.82) is 0 Å². The maximum atomic E-state index is 13.6. The van der Waals surface area contributed by atoms with Crippen molar-refractivity contribution < 1.29 is 9.59 Å². The second kappa shape index (κ2) is 7.71. The fraction of sp³-hybridized carbons (Fsp3) is 0.696. The van der Waals surface area contributed by atoms with Gasteiger partial charge in [0.25, 0.3) is 0 Å². The van der Waals surface area contributed by atoms with Crippen LogP contribution in [0.5, 0.6) is 0 Å². The van der Waals surface area contributed by atoms with Crippen LogP contribution in [0.4, 0.5) is 0 Å². The molecule has 1 atom stereocenters. The van der Waals surface area contributed by atoms with E-state index >= 15 is 0 Å². The first kappa shape index (κ1) is 20.3. The van der Waals surface area contributed by atoms with Crippen molar-refractivity contribution in [3.8, 4) is 0 Å². The lowest BCUT2D eigenvalue weighted by Gasteiger charge is -2.47. The number of hydrogen-bond acceptors (Lipinski definition) is 4. The minimum absolute atomic E-state index is 0.0238. The lowest BCUT2D eigenvalue weighted by Crippen LogP contribution is -2.54. The molecule has 3 aliphatic rings. The predicted molar refractivity (Wildman–Crippen MR) is 112 cm³/mol. The fourth-order valence-electron chi connectivity index (χ4n) is 5.98. The van der Waals surface area contributed by atoms with Crippen LogP contribution in [-0.4, -0.2) is 70.8 Å². The zero-order valence-corrected chi connectivity index (χ0v) is 18.1. The Hall–Kier alpha value is -1.95. The SMILES string of the molecule is CCN1CCC2(CN(Cc3cccnc3)CC23CCN(C(=O)C(C)C)CC3)C1=O. The lowest BCUT2D eigenvalue weighted by molar-refractivity contribution is -0.144. The van der Waals surface area contributed by atoms with E-state index in [2.05, 4.69) is 22.9 Å². The molecule has 0 aromatic carbocycles. The molecule has 4 heterocycles. The summed E-state index contributed by atoms with van der Waals surface area (Å²) >= 11 is 0. The van der Waals surface area contributed by atoms with E-state index in [-0.39, 0.29) is 22.7 Å². The van der Waals surface area contributed by atoms with Gasteiger partial charge in [-0.3, -0.25) is 19.5 Å². The number of carbonyl (C=O) groups excluding carboxylic acids is 2. The van der Waals surface area contributed by atoms with Crippen LogP contribution in [0.2, 0.25) is 0 Å². The van der Waals surface area contributed by atoms with E-state index in [9.17, 15) is 9.59 Å². The molecule has 0 bridgehead atoms. The smallest absolute Gasteiger partial charge is 0.230 e. The first-order chi connectivity index (χ1) is 13.9. The fourth-order valence-corrected chi connectivity index (χ4v) is 5.98. The Morgan fingerprint density at radius 3 is 2.52 bits per heavy atom. The second-order valence-corrected chi connectivity index (χ2v) is 9.48. The van der Waals surface area contributed by atoms with E-state index < -0.39 is 0 Å². The number of rotatable bonds is 4. The van der Waals surface area contributed by atoms with Crippen LogP contribution >= 0.6 is 0 Å². The third-order valence-electron chi connectivity index (χ3n) is 7.58. The van der Waals surface area contributed by atoms with Crippen molar-refractivity contribution in [3.05, 3.63) is 30.1 Å². The Morgan fingerprint density at radius 1 is 1.17 bits per heavy atom. The first-order valence-electron chi connectivity index (χ1n) is 11.1. The van der Waals surface area contributed by atoms with Gasteiger partial charge in [-0.05, 0) is 37.8 Å². The van der Waals surface area contributed by atoms with Crippen LogP contribution in [0, 0.1) is 16.7 Å². The lowest BCUT2D eigenvalue weighted by atomic mass is 9.60. The van der Waals surface area contributed by atoms with Crippen LogP contribution in [0.15, 0.2) is 24.5 Å². The molecule has 1 unspecified atom stereocenters. The summed E-state index contributed by atoms with van der Waals surface area (Å²) in [6.45, 7) is 11.8. The van der Waals surface area contributed by atoms with Crippen LogP contribution in [0.25, 0.3) is 0 Å². The zero-order valence-electron chi connectivity index (χ0n) is 18.1. The highest BCUT2D eigenvalue weighted by molar-refractivity contribution is 5.87. The average molecular weight is 399 g/mol. The summed E-state index contributed by atoms with van der Waals surface area (Å²) in [5.74, 6) is 0.622. The van der Waals surface area contributed by atoms with Crippen molar-refractivity contribution in [2.75, 3.05) is 39.3 Å². The van der Waals surface area contributed by atoms with Gasteiger partial charge in [0.1, 0.15) is 0 Å². The van der Waals surface area contributed by atoms with Gasteiger partial charge in [-0.25, -0.2) is 0 Å². The number of nitrogens with zero attached hydrogens (tertiary/aromatic N) is 4. The highest BCUT2D eigenvalue weighted by Crippen LogP contribution is 2.58. The number of aromatic nitrogens is 1. The monoisotopic (exact) mass is 398 g/mol. The Bertz CT molecular complexity index is 757. The van der Waals surface area contributed by atoms with Crippen molar-refractivity contribution >= 4 is 11.8 Å². The van der Waals surface area contributed by atoms with Gasteiger partial charge in [0.05, 0.1) is 5.41 Å². The predicted octanol–water partition coefficient (Wildman–Crippen LogP) is 2.40. The Labute approximate surface area is 174 Å². The standard InChI is InChI=1S/C23H34N4O2/c1-4-26-13-9-23(21(26)29)17-25(15-19-6-5-10-24-14-19)16-22(23)7-11-27(12-8-22)20(28)18(2)3/h5-6,10,14,18H,4,7-9,11-13,15-17H2,1-3H3. The van der Waals surface area contributed by atoms with Crippen LogP contribution < -0.4 is 0 Å². The number of hydrogen-bond donors (Lipinski definition) is 0. The van der Waals surface area contributed by atoms with Gasteiger partial charge in [-0.1, -0.05) is 19.9 Å². The summed E-state index contributed by atoms with van der Waals surface area (Å²) in [6, 6.07) is 4.09. The molecule has 4 rings (SSSR count). The number of fused-ring (bicyclic) bond motifs is 1. The van der Waals surface area contributed by atoms with Crippen molar-refractivity contribution in [1.82, 2.24) is 19.7 Å². The summed E-state index contributed by atoms with van der Waals surface area (Å²) in [6.07, 6.45) is 6.53. The first-order valence-corrected chi connectivity index (χ1v) is 11.1. The molecule has 158 valence electrons. The number of carbonyl (C=O) groups is 2. The number of piperidine rings is 1. The van der Waals surface area contributed by atoms with Crippen LogP contribution in [0.1, 0.15) is 45.6 Å². The molecule has 2 amide bonds. The highest BCUT2D eigenvalue weighted by Gasteiger charge is 2.64. The summed E-state index contributed by atoms with van der Waals surface area (Å²) in [7, 11) is 0. The number of amides is 2. The van der Waals surface area contributed by atoms with E-state index in [1.165, 1.54) is 5.56 Å². The topological polar surface area (TPSA) is 56.8 Å². The molecule has 0 saturated carbocycles. The molecule has 29 heavy (non-hydrogen) atoms. The van der Waals surface area contributed by atoms with Crippen molar-refractivity contribution in [2.24, 2.45) is 16.7 Å². The second-order valence-electron chi connectivity index (χ2n) is 9.48. The van der Waals surface area contributed by atoms with Gasteiger partial charge >= 0.3 is 0 Å². The summed E-state index contributed by atoms with van der Waals surface area (Å²) in [5, 5.41) is 0. The Balaban J connectivity index is 1.58. The maximum Gasteiger partial charge on any atom is 0.230 e. The highest BCUT2D eigenvalue weighted by atomic mass is 16.2. The molecule has 3 fully saturated rings. The molecular weight excluding hydrogens is 364 g/mol. The largest absolute Gasteiger partial charge is 0.342 e. The molecule has 2 spiro atoms. The molecule has 6 heteroatoms. The van der Waals surface area contributed by atoms with Gasteiger partial charge in [0.15, 0.2) is 0 Å². The molecule has 0 radical (unpaired) electrons. The van der Waals surface area contributed by atoms with E-state index in [4.69, 9.17) is 0 Å². The third-order valence-corrected chi connectivity index (χ3v) is 7.58. The normalized spacial score (nSPS) is 27.0. The summed E-state index contributed by atoms with van der Waals surface area (Å²) in [5.41, 5.74) is 0.882. The van der Waals surface area contributed by atoms with Gasteiger partial charge in [-0.2, -0.15) is 0 Å². The van der Waals surface area contributed by atoms with E-state index in [1.54, 1.807) is 6.20 Å². The molecular formula is C23H34N4O2. The number of pyridine rings is 1. The summed E-state index contributed by atoms with van der Waals surface area (Å²) < 4.78 is 0. The minimum Gasteiger partial charge on any atom is -0.342 e. The maximum absolute atomic E-state index is 13.6. The van der Waals surface area contributed by atoms with E-state index in [0.29, 0.717) is 5.91 Å². The minimum atomic E-state index is -0.293. The molecule has 6 nitrogen and oxygen atoms in total. The number of likely N-dealkylation sites (tertiary alicyclic amines) is 3. The van der Waals surface area contributed by atoms with Gasteiger partial charge in [0.2, 0.25) is 11.8 Å². The molecule has 3 saturated heterocycles. The Morgan fingerprint density at radius 2 is 1.93 bits per heavy atom. The van der Waals surface area contributed by atoms with Crippen LogP contribution in [-0.2, 0) is 16.1 Å². The molecule has 1 aromatic rings. The van der Waals surface area contributed by atoms with Gasteiger partial charge in [-0.15, -0.1) is 0 Å². The molecule has 1 aromatic heterocycles.